The molecule has 10 nitrogen and oxygen atoms in total. The Morgan fingerprint density at radius 2 is 0.519 bits per heavy atom. The third-order valence-corrected chi connectivity index (χ3v) is 11.6. The summed E-state index contributed by atoms with van der Waals surface area (Å²) in [4.78, 5) is 0. The molecule has 1 fully saturated rings. The second-order valence-corrected chi connectivity index (χ2v) is 13.9. The molecule has 24 heteroatoms. The van der Waals surface area contributed by atoms with Crippen molar-refractivity contribution in [3.05, 3.63) is 60.8 Å². The zero-order valence-corrected chi connectivity index (χ0v) is 37.7. The van der Waals surface area contributed by atoms with Crippen LogP contribution in [0.25, 0.3) is 0 Å². The molecule has 1 heterocycles. The van der Waals surface area contributed by atoms with Crippen LogP contribution in [0.4, 0.5) is 35.1 Å². The van der Waals surface area contributed by atoms with E-state index >= 15 is 0 Å². The Hall–Kier alpha value is -0.0600. The summed E-state index contributed by atoms with van der Waals surface area (Å²) in [6.07, 6.45) is 0. The van der Waals surface area contributed by atoms with Crippen molar-refractivity contribution in [2.24, 2.45) is 11.5 Å². The molecule has 6 N–H and O–H groups in total. The fourth-order valence-electron chi connectivity index (χ4n) is 2.48. The first-order valence-electron chi connectivity index (χ1n) is 14.2. The number of ether oxygens (including phenoxy) is 6. The minimum Gasteiger partial charge on any atom is -0.377 e. The third-order valence-electron chi connectivity index (χ3n) is 5.04. The fraction of sp³-hybridized carbons (Fsp3) is 0.500. The van der Waals surface area contributed by atoms with Crippen molar-refractivity contribution in [3.8, 4) is 0 Å². The number of rotatable bonds is 0. The summed E-state index contributed by atoms with van der Waals surface area (Å²) in [7, 11) is 3.37. The van der Waals surface area contributed by atoms with Crippen LogP contribution in [-0.4, -0.2) is 104 Å². The van der Waals surface area contributed by atoms with E-state index < -0.39 is 46.5 Å². The average Bonchev–Trinajstić information content (AvgIpc) is 3.14. The van der Waals surface area contributed by atoms with Gasteiger partial charge >= 0.3 is 0 Å². The second kappa shape index (κ2) is 33.1. The lowest BCUT2D eigenvalue weighted by Gasteiger charge is -2.09. The molecule has 1 aliphatic rings. The van der Waals surface area contributed by atoms with Gasteiger partial charge in [0.05, 0.1) is 93.6 Å². The van der Waals surface area contributed by atoms with Crippen molar-refractivity contribution >= 4 is 125 Å². The molecule has 0 amide bonds. The van der Waals surface area contributed by atoms with Crippen molar-refractivity contribution in [3.63, 3.8) is 0 Å². The zero-order chi connectivity index (χ0) is 40.2. The van der Waals surface area contributed by atoms with Crippen LogP contribution >= 0.6 is 115 Å². The van der Waals surface area contributed by atoms with Gasteiger partial charge in [-0.25, -0.2) is 35.1 Å². The van der Waals surface area contributed by atoms with E-state index in [1.165, 1.54) is 90.4 Å². The van der Waals surface area contributed by atoms with Gasteiger partial charge in [0, 0.05) is 14.1 Å². The highest BCUT2D eigenvalue weighted by molar-refractivity contribution is 14.1. The van der Waals surface area contributed by atoms with Crippen LogP contribution < -0.4 is 22.1 Å². The maximum atomic E-state index is 12.6. The molecule has 0 aromatic heterocycles. The number of nitrogens with one attached hydrogen (secondary N) is 2. The monoisotopic (exact) mass is 1250 g/mol. The Kier molecular flexibility index (Phi) is 34.4. The van der Waals surface area contributed by atoms with Crippen LogP contribution in [0.15, 0.2) is 0 Å². The highest BCUT2D eigenvalue weighted by Crippen LogP contribution is 2.27. The molecule has 0 radical (unpaired) electrons. The molecule has 0 aliphatic carbocycles. The molecule has 2 aromatic carbocycles. The van der Waals surface area contributed by atoms with E-state index in [1.807, 2.05) is 0 Å². The Morgan fingerprint density at radius 1 is 0.404 bits per heavy atom. The number of thiocarbonyl (C=S) groups is 2. The van der Waals surface area contributed by atoms with Gasteiger partial charge in [-0.3, -0.25) is 0 Å². The van der Waals surface area contributed by atoms with Gasteiger partial charge in [-0.05, 0) is 115 Å². The molecule has 52 heavy (non-hydrogen) atoms. The minimum absolute atomic E-state index is 0.246. The number of benzene rings is 2. The lowest BCUT2D eigenvalue weighted by atomic mass is 10.3. The van der Waals surface area contributed by atoms with Crippen molar-refractivity contribution < 1.29 is 63.5 Å². The van der Waals surface area contributed by atoms with Gasteiger partial charge in [-0.2, -0.15) is 0 Å². The standard InChI is InChI=1S/C12H24O6.2C6F4I2.2C2H6N2S/c1-2-14-5-6-16-9-10-18-12-11-17-8-7-15-4-3-13-1;2*7-1-2(8)4(10)6(12)5(11)3(1)9;2*1-4-2(3)5/h1-12H2;;;2*1H3,(H3,3,4,5). The molecule has 0 atom stereocenters. The van der Waals surface area contributed by atoms with Crippen LogP contribution in [0.1, 0.15) is 0 Å². The lowest BCUT2D eigenvalue weighted by molar-refractivity contribution is -0.0334. The number of nitrogens with two attached hydrogens (primary N) is 2. The summed E-state index contributed by atoms with van der Waals surface area (Å²) < 4.78 is 131. The maximum Gasteiger partial charge on any atom is 0.198 e. The molecule has 0 unspecified atom stereocenters. The van der Waals surface area contributed by atoms with E-state index in [0.29, 0.717) is 89.5 Å². The average molecular weight is 1250 g/mol. The molecule has 3 rings (SSSR count). The molecule has 0 saturated carbocycles. The first-order chi connectivity index (χ1) is 24.5. The topological polar surface area (TPSA) is 131 Å². The predicted molar refractivity (Wildman–Crippen MR) is 220 cm³/mol. The van der Waals surface area contributed by atoms with E-state index in [2.05, 4.69) is 35.1 Å². The van der Waals surface area contributed by atoms with Crippen molar-refractivity contribution in [1.29, 1.82) is 0 Å². The number of hydrogen-bond donors (Lipinski definition) is 4. The zero-order valence-electron chi connectivity index (χ0n) is 27.4. The Bertz CT molecular complexity index is 1000. The van der Waals surface area contributed by atoms with E-state index in [-0.39, 0.29) is 14.3 Å². The first kappa shape index (κ1) is 54.0. The molecule has 1 saturated heterocycles. The normalized spacial score (nSPS) is 14.4. The lowest BCUT2D eigenvalue weighted by Crippen LogP contribution is -2.24. The highest BCUT2D eigenvalue weighted by Gasteiger charge is 2.23. The summed E-state index contributed by atoms with van der Waals surface area (Å²) in [5.74, 6) is -12.5. The highest BCUT2D eigenvalue weighted by atomic mass is 127. The fourth-order valence-corrected chi connectivity index (χ4v) is 4.37. The number of hydrogen-bond acceptors (Lipinski definition) is 8. The quantitative estimate of drug-likeness (QED) is 0.0825. The molecule has 2 aromatic rings. The van der Waals surface area contributed by atoms with Crippen LogP contribution in [-0.2, 0) is 28.4 Å². The van der Waals surface area contributed by atoms with Gasteiger partial charge in [0.15, 0.2) is 56.8 Å². The van der Waals surface area contributed by atoms with E-state index in [1.54, 1.807) is 14.1 Å². The number of halogens is 12. The molecule has 1 aliphatic heterocycles. The summed E-state index contributed by atoms with van der Waals surface area (Å²) in [6, 6.07) is 0. The second-order valence-electron chi connectivity index (χ2n) is 8.67. The van der Waals surface area contributed by atoms with Crippen molar-refractivity contribution in [2.45, 2.75) is 0 Å². The van der Waals surface area contributed by atoms with Gasteiger partial charge in [-0.1, -0.05) is 0 Å². The van der Waals surface area contributed by atoms with E-state index in [4.69, 9.17) is 39.9 Å². The first-order valence-corrected chi connectivity index (χ1v) is 19.3. The predicted octanol–water partition coefficient (Wildman–Crippen LogP) is 5.90. The van der Waals surface area contributed by atoms with Crippen molar-refractivity contribution in [1.82, 2.24) is 10.6 Å². The van der Waals surface area contributed by atoms with Gasteiger partial charge in [0.2, 0.25) is 0 Å². The third kappa shape index (κ3) is 24.5. The van der Waals surface area contributed by atoms with Gasteiger partial charge in [-0.15, -0.1) is 0 Å². The Morgan fingerprint density at radius 3 is 0.615 bits per heavy atom. The Balaban J connectivity index is 0. The van der Waals surface area contributed by atoms with Crippen LogP contribution in [0, 0.1) is 60.8 Å². The van der Waals surface area contributed by atoms with Crippen LogP contribution in [0.2, 0.25) is 0 Å². The van der Waals surface area contributed by atoms with Gasteiger partial charge in [0.25, 0.3) is 0 Å². The summed E-state index contributed by atoms with van der Waals surface area (Å²) >= 11 is 14.4. The van der Waals surface area contributed by atoms with Gasteiger partial charge < -0.3 is 50.5 Å². The maximum absolute atomic E-state index is 12.6. The smallest absolute Gasteiger partial charge is 0.198 e. The molecular formula is C28H36F8I4N4O6S2. The largest absolute Gasteiger partial charge is 0.377 e. The summed E-state index contributed by atoms with van der Waals surface area (Å²) in [6.45, 7) is 7.04. The minimum atomic E-state index is -1.77. The van der Waals surface area contributed by atoms with Crippen molar-refractivity contribution in [2.75, 3.05) is 93.4 Å². The molecular weight excluding hydrogens is 1210 g/mol. The SMILES string of the molecule is C1COCCOCCOCCOCCOCCO1.CNC(N)=S.CNC(N)=S.Fc1c(F)c(F)c(I)c(I)c1F.Fc1c(F)c(F)c(I)c(I)c1F. The van der Waals surface area contributed by atoms with Crippen LogP contribution in [0.5, 0.6) is 0 Å². The molecule has 300 valence electrons. The molecule has 0 bridgehead atoms. The van der Waals surface area contributed by atoms with Crippen LogP contribution in [0.3, 0.4) is 0 Å². The molecule has 0 spiro atoms. The van der Waals surface area contributed by atoms with E-state index in [0.717, 1.165) is 0 Å². The Labute approximate surface area is 361 Å². The van der Waals surface area contributed by atoms with Gasteiger partial charge in [0.1, 0.15) is 0 Å². The van der Waals surface area contributed by atoms with E-state index in [9.17, 15) is 35.1 Å². The summed E-state index contributed by atoms with van der Waals surface area (Å²) in [5.41, 5.74) is 9.82. The summed E-state index contributed by atoms with van der Waals surface area (Å²) in [5, 5.41) is 5.75.